The van der Waals surface area contributed by atoms with Gasteiger partial charge in [-0.15, -0.1) is 0 Å². The molecular weight excluding hydrogens is 278 g/mol. The lowest BCUT2D eigenvalue weighted by Crippen LogP contribution is -2.51. The molecule has 1 fully saturated rings. The van der Waals surface area contributed by atoms with E-state index in [-0.39, 0.29) is 5.91 Å². The van der Waals surface area contributed by atoms with Crippen LogP contribution in [0.15, 0.2) is 42.0 Å². The number of fused-ring (bicyclic) bond motifs is 2. The molecule has 0 aliphatic carbocycles. The van der Waals surface area contributed by atoms with Gasteiger partial charge in [-0.05, 0) is 12.0 Å². The molecule has 1 aromatic carbocycles. The lowest BCUT2D eigenvalue weighted by atomic mass is 9.90. The second-order valence-corrected chi connectivity index (χ2v) is 6.07. The van der Waals surface area contributed by atoms with Crippen molar-refractivity contribution in [3.8, 4) is 0 Å². The molecule has 2 aliphatic rings. The average molecular weight is 301 g/mol. The molecule has 0 radical (unpaired) electrons. The summed E-state index contributed by atoms with van der Waals surface area (Å²) in [5, 5.41) is 12.4. The summed E-state index contributed by atoms with van der Waals surface area (Å²) in [7, 11) is 1.77. The van der Waals surface area contributed by atoms with Gasteiger partial charge < -0.3 is 10.0 Å². The van der Waals surface area contributed by atoms with E-state index in [2.05, 4.69) is 10.4 Å². The third-order valence-electron chi connectivity index (χ3n) is 4.47. The number of nitrogens with zero attached hydrogens (tertiary/aromatic N) is 2. The molecule has 5 heteroatoms. The summed E-state index contributed by atoms with van der Waals surface area (Å²) in [5.74, 6) is 0.348. The fourth-order valence-electron chi connectivity index (χ4n) is 3.19. The Labute approximate surface area is 131 Å². The van der Waals surface area contributed by atoms with Crippen LogP contribution in [-0.4, -0.2) is 54.1 Å². The van der Waals surface area contributed by atoms with Gasteiger partial charge in [0.05, 0.1) is 12.6 Å². The molecule has 0 aromatic heterocycles. The van der Waals surface area contributed by atoms with Crippen LogP contribution in [0.1, 0.15) is 18.1 Å². The number of amides is 1. The van der Waals surface area contributed by atoms with E-state index in [9.17, 15) is 9.90 Å². The van der Waals surface area contributed by atoms with Crippen LogP contribution < -0.4 is 5.43 Å². The molecule has 2 heterocycles. The third-order valence-corrected chi connectivity index (χ3v) is 4.47. The molecule has 0 spiro atoms. The van der Waals surface area contributed by atoms with Crippen molar-refractivity contribution in [2.75, 3.05) is 33.2 Å². The summed E-state index contributed by atoms with van der Waals surface area (Å²) >= 11 is 0. The summed E-state index contributed by atoms with van der Waals surface area (Å²) < 4.78 is 0. The van der Waals surface area contributed by atoms with E-state index in [0.717, 1.165) is 37.2 Å². The summed E-state index contributed by atoms with van der Waals surface area (Å²) in [5.41, 5.74) is 5.06. The quantitative estimate of drug-likeness (QED) is 0.869. The minimum atomic E-state index is -0.649. The molecule has 1 aromatic rings. The van der Waals surface area contributed by atoms with Gasteiger partial charge in [0.1, 0.15) is 0 Å². The maximum atomic E-state index is 12.7. The Kier molecular flexibility index (Phi) is 4.57. The molecule has 2 N–H and O–H groups in total. The minimum Gasteiger partial charge on any atom is -0.387 e. The van der Waals surface area contributed by atoms with Gasteiger partial charge in [-0.1, -0.05) is 36.4 Å². The zero-order valence-corrected chi connectivity index (χ0v) is 12.9. The topological polar surface area (TPSA) is 55.8 Å². The number of carbonyl (C=O) groups is 1. The molecule has 1 saturated heterocycles. The highest BCUT2D eigenvalue weighted by molar-refractivity contribution is 5.94. The Bertz CT molecular complexity index is 558. The van der Waals surface area contributed by atoms with Gasteiger partial charge in [-0.3, -0.25) is 10.2 Å². The number of hydrogen-bond acceptors (Lipinski definition) is 4. The van der Waals surface area contributed by atoms with Crippen LogP contribution in [0.5, 0.6) is 0 Å². The average Bonchev–Trinajstić information content (AvgIpc) is 2.55. The lowest BCUT2D eigenvalue weighted by Gasteiger charge is -2.38. The van der Waals surface area contributed by atoms with E-state index >= 15 is 0 Å². The van der Waals surface area contributed by atoms with Crippen molar-refractivity contribution in [2.45, 2.75) is 12.5 Å². The molecule has 2 unspecified atom stereocenters. The standard InChI is InChI=1S/C17H23N3O2/c1-19(12-16(21)13-5-3-2-4-6-13)17(22)15-8-10-20-11-14(15)7-9-18-20/h2-6,8,14,16,18,21H,7,9-12H2,1H3/t14?,16-/m0/s1. The van der Waals surface area contributed by atoms with Crippen molar-refractivity contribution in [2.24, 2.45) is 5.92 Å². The molecule has 5 nitrogen and oxygen atoms in total. The van der Waals surface area contributed by atoms with E-state index in [1.54, 1.807) is 11.9 Å². The lowest BCUT2D eigenvalue weighted by molar-refractivity contribution is -0.128. The summed E-state index contributed by atoms with van der Waals surface area (Å²) in [6, 6.07) is 9.48. The van der Waals surface area contributed by atoms with Crippen molar-refractivity contribution in [1.29, 1.82) is 0 Å². The molecule has 3 rings (SSSR count). The Balaban J connectivity index is 1.64. The monoisotopic (exact) mass is 301 g/mol. The zero-order valence-electron chi connectivity index (χ0n) is 12.9. The van der Waals surface area contributed by atoms with Crippen LogP contribution >= 0.6 is 0 Å². The highest BCUT2D eigenvalue weighted by Gasteiger charge is 2.31. The number of nitrogens with one attached hydrogen (secondary N) is 1. The second kappa shape index (κ2) is 6.60. The third kappa shape index (κ3) is 3.21. The number of rotatable bonds is 4. The predicted molar refractivity (Wildman–Crippen MR) is 84.8 cm³/mol. The van der Waals surface area contributed by atoms with Crippen LogP contribution in [-0.2, 0) is 4.79 Å². The molecule has 2 aliphatic heterocycles. The number of aliphatic hydroxyl groups excluding tert-OH is 1. The van der Waals surface area contributed by atoms with Crippen molar-refractivity contribution >= 4 is 5.91 Å². The number of benzene rings is 1. The molecule has 1 amide bonds. The summed E-state index contributed by atoms with van der Waals surface area (Å²) in [6.07, 6.45) is 2.36. The second-order valence-electron chi connectivity index (χ2n) is 6.07. The largest absolute Gasteiger partial charge is 0.387 e. The van der Waals surface area contributed by atoms with Crippen LogP contribution in [0.4, 0.5) is 0 Å². The van der Waals surface area contributed by atoms with Crippen LogP contribution in [0, 0.1) is 5.92 Å². The first kappa shape index (κ1) is 15.2. The van der Waals surface area contributed by atoms with Gasteiger partial charge >= 0.3 is 0 Å². The normalized spacial score (nSPS) is 25.3. The Morgan fingerprint density at radius 2 is 2.23 bits per heavy atom. The molecule has 3 atom stereocenters. The van der Waals surface area contributed by atoms with E-state index in [4.69, 9.17) is 0 Å². The zero-order chi connectivity index (χ0) is 15.5. The van der Waals surface area contributed by atoms with Crippen molar-refractivity contribution in [3.63, 3.8) is 0 Å². The first-order valence-corrected chi connectivity index (χ1v) is 7.82. The molecule has 118 valence electrons. The van der Waals surface area contributed by atoms with Gasteiger partial charge in [0.15, 0.2) is 0 Å². The number of carbonyl (C=O) groups excluding carboxylic acids is 1. The van der Waals surface area contributed by atoms with Crippen LogP contribution in [0.3, 0.4) is 0 Å². The fraction of sp³-hybridized carbons (Fsp3) is 0.471. The molecule has 0 saturated carbocycles. The van der Waals surface area contributed by atoms with Gasteiger partial charge in [0, 0.05) is 38.2 Å². The Hall–Kier alpha value is -1.69. The maximum absolute atomic E-state index is 12.7. The first-order chi connectivity index (χ1) is 10.6. The van der Waals surface area contributed by atoms with E-state index in [1.165, 1.54) is 0 Å². The SMILES string of the molecule is CN(C[C@H](O)c1ccccc1)C(=O)C1=CCN2CC1CCN2. The van der Waals surface area contributed by atoms with E-state index < -0.39 is 6.10 Å². The van der Waals surface area contributed by atoms with Gasteiger partial charge in [0.25, 0.3) is 0 Å². The predicted octanol–water partition coefficient (Wildman–Crippen LogP) is 0.945. The van der Waals surface area contributed by atoms with Crippen molar-refractivity contribution < 1.29 is 9.90 Å². The number of likely N-dealkylation sites (N-methyl/N-ethyl adjacent to an activating group) is 1. The molecule has 2 bridgehead atoms. The van der Waals surface area contributed by atoms with E-state index in [0.29, 0.717) is 12.5 Å². The van der Waals surface area contributed by atoms with Gasteiger partial charge in [0.2, 0.25) is 5.91 Å². The Morgan fingerprint density at radius 1 is 1.45 bits per heavy atom. The maximum Gasteiger partial charge on any atom is 0.249 e. The van der Waals surface area contributed by atoms with Gasteiger partial charge in [-0.25, -0.2) is 5.01 Å². The highest BCUT2D eigenvalue weighted by atomic mass is 16.3. The minimum absolute atomic E-state index is 0.0431. The number of hydrogen-bond donors (Lipinski definition) is 2. The molecule has 22 heavy (non-hydrogen) atoms. The number of hydrazine groups is 1. The fourth-order valence-corrected chi connectivity index (χ4v) is 3.19. The smallest absolute Gasteiger partial charge is 0.249 e. The van der Waals surface area contributed by atoms with Gasteiger partial charge in [-0.2, -0.15) is 0 Å². The Morgan fingerprint density at radius 3 is 3.00 bits per heavy atom. The van der Waals surface area contributed by atoms with Crippen molar-refractivity contribution in [1.82, 2.24) is 15.3 Å². The van der Waals surface area contributed by atoms with Crippen LogP contribution in [0.2, 0.25) is 0 Å². The summed E-state index contributed by atoms with van der Waals surface area (Å²) in [4.78, 5) is 14.3. The highest BCUT2D eigenvalue weighted by Crippen LogP contribution is 2.25. The van der Waals surface area contributed by atoms with Crippen molar-refractivity contribution in [3.05, 3.63) is 47.5 Å². The number of aliphatic hydroxyl groups is 1. The molecular formula is C17H23N3O2. The summed E-state index contributed by atoms with van der Waals surface area (Å²) in [6.45, 7) is 2.90. The first-order valence-electron chi connectivity index (χ1n) is 7.82. The van der Waals surface area contributed by atoms with Crippen LogP contribution in [0.25, 0.3) is 0 Å². The van der Waals surface area contributed by atoms with E-state index in [1.807, 2.05) is 36.4 Å².